The van der Waals surface area contributed by atoms with Crippen molar-refractivity contribution < 1.29 is 17.9 Å². The molecule has 166 valence electrons. The van der Waals surface area contributed by atoms with Gasteiger partial charge >= 0.3 is 0 Å². The summed E-state index contributed by atoms with van der Waals surface area (Å²) in [6.45, 7) is 11.5. The summed E-state index contributed by atoms with van der Waals surface area (Å²) in [5.74, 6) is -0.0862. The van der Waals surface area contributed by atoms with Crippen LogP contribution in [0.3, 0.4) is 0 Å². The first-order chi connectivity index (χ1) is 14.6. The number of nitrogens with one attached hydrogen (secondary N) is 1. The summed E-state index contributed by atoms with van der Waals surface area (Å²) in [4.78, 5) is 14.7. The molecular weight excluding hydrogens is 412 g/mol. The lowest BCUT2D eigenvalue weighted by molar-refractivity contribution is 0.0654. The highest BCUT2D eigenvalue weighted by atomic mass is 32.2. The lowest BCUT2D eigenvalue weighted by atomic mass is 9.87. The Bertz CT molecular complexity index is 1020. The highest BCUT2D eigenvalue weighted by molar-refractivity contribution is 7.92. The Balaban J connectivity index is 1.65. The Labute approximate surface area is 185 Å². The fraction of sp³-hybridized carbons (Fsp3) is 0.375. The maximum Gasteiger partial charge on any atom is 0.261 e. The minimum Gasteiger partial charge on any atom is -0.372 e. The van der Waals surface area contributed by atoms with Crippen molar-refractivity contribution in [3.63, 3.8) is 0 Å². The van der Waals surface area contributed by atoms with Crippen molar-refractivity contribution in [2.45, 2.75) is 43.6 Å². The van der Waals surface area contributed by atoms with Crippen LogP contribution in [0.2, 0.25) is 0 Å². The van der Waals surface area contributed by atoms with Gasteiger partial charge in [-0.2, -0.15) is 0 Å². The first-order valence-electron chi connectivity index (χ1n) is 10.4. The zero-order chi connectivity index (χ0) is 22.6. The normalized spacial score (nSPS) is 16.9. The minimum atomic E-state index is -3.71. The highest BCUT2D eigenvalue weighted by Crippen LogP contribution is 2.25. The van der Waals surface area contributed by atoms with Crippen LogP contribution in [-0.4, -0.2) is 45.0 Å². The number of ether oxygens (including phenoxy) is 1. The Kier molecular flexibility index (Phi) is 6.86. The lowest BCUT2D eigenvalue weighted by Gasteiger charge is -2.19. The number of carbonyl (C=O) groups excluding carboxylic acids is 1. The maximum atomic E-state index is 12.7. The molecule has 1 N–H and O–H groups in total. The van der Waals surface area contributed by atoms with E-state index in [-0.39, 0.29) is 22.3 Å². The van der Waals surface area contributed by atoms with E-state index >= 15 is 0 Å². The van der Waals surface area contributed by atoms with E-state index in [0.717, 1.165) is 12.0 Å². The number of sulfonamides is 1. The molecule has 2 aromatic rings. The van der Waals surface area contributed by atoms with Crippen LogP contribution in [0.25, 0.3) is 0 Å². The van der Waals surface area contributed by atoms with Gasteiger partial charge in [0.05, 0.1) is 17.6 Å². The molecule has 1 heterocycles. The summed E-state index contributed by atoms with van der Waals surface area (Å²) in [7, 11) is -3.71. The van der Waals surface area contributed by atoms with Crippen LogP contribution in [-0.2, 0) is 20.2 Å². The smallest absolute Gasteiger partial charge is 0.261 e. The van der Waals surface area contributed by atoms with Crippen molar-refractivity contribution in [1.29, 1.82) is 0 Å². The average Bonchev–Trinajstić information content (AvgIpc) is 3.20. The average molecular weight is 443 g/mol. The second-order valence-corrected chi connectivity index (χ2v) is 10.4. The van der Waals surface area contributed by atoms with Crippen LogP contribution in [0.1, 0.15) is 43.1 Å². The predicted molar refractivity (Wildman–Crippen MR) is 123 cm³/mol. The van der Waals surface area contributed by atoms with Gasteiger partial charge in [0.1, 0.15) is 0 Å². The summed E-state index contributed by atoms with van der Waals surface area (Å²) >= 11 is 0. The quantitative estimate of drug-likeness (QED) is 0.652. The van der Waals surface area contributed by atoms with Crippen molar-refractivity contribution in [1.82, 2.24) is 4.90 Å². The fourth-order valence-corrected chi connectivity index (χ4v) is 4.52. The van der Waals surface area contributed by atoms with Gasteiger partial charge in [-0.05, 0) is 53.8 Å². The molecule has 1 saturated heterocycles. The van der Waals surface area contributed by atoms with Crippen LogP contribution < -0.4 is 4.72 Å². The molecule has 1 aliphatic rings. The number of amides is 1. The number of anilines is 1. The lowest BCUT2D eigenvalue weighted by Crippen LogP contribution is -2.30. The molecule has 0 radical (unpaired) electrons. The van der Waals surface area contributed by atoms with Gasteiger partial charge in [0.15, 0.2) is 0 Å². The molecule has 1 unspecified atom stereocenters. The summed E-state index contributed by atoms with van der Waals surface area (Å²) in [5.41, 5.74) is 1.94. The number of rotatable bonds is 7. The molecule has 1 aliphatic heterocycles. The molecule has 1 fully saturated rings. The molecule has 31 heavy (non-hydrogen) atoms. The monoisotopic (exact) mass is 442 g/mol. The predicted octanol–water partition coefficient (Wildman–Crippen LogP) is 4.20. The van der Waals surface area contributed by atoms with Crippen molar-refractivity contribution in [3.8, 4) is 0 Å². The van der Waals surface area contributed by atoms with Crippen LogP contribution in [0.5, 0.6) is 0 Å². The SMILES string of the molecule is C=CCOC1CCN(C(=O)c2ccc(NS(=O)(=O)c3ccc(C(C)(C)C)cc3)cc2)C1. The first kappa shape index (κ1) is 23.0. The second kappa shape index (κ2) is 9.24. The minimum absolute atomic E-state index is 0.0257. The third-order valence-corrected chi connectivity index (χ3v) is 6.69. The van der Waals surface area contributed by atoms with Gasteiger partial charge in [-0.1, -0.05) is 39.0 Å². The van der Waals surface area contributed by atoms with Crippen molar-refractivity contribution in [2.24, 2.45) is 0 Å². The highest BCUT2D eigenvalue weighted by Gasteiger charge is 2.27. The number of benzene rings is 2. The van der Waals surface area contributed by atoms with Gasteiger partial charge in [0, 0.05) is 24.3 Å². The Morgan fingerprint density at radius 2 is 1.81 bits per heavy atom. The second-order valence-electron chi connectivity index (χ2n) is 8.74. The number of likely N-dealkylation sites (tertiary alicyclic amines) is 1. The van der Waals surface area contributed by atoms with Crippen molar-refractivity contribution in [2.75, 3.05) is 24.4 Å². The Hall–Kier alpha value is -2.64. The van der Waals surface area contributed by atoms with Gasteiger partial charge in [-0.25, -0.2) is 8.42 Å². The van der Waals surface area contributed by atoms with Gasteiger partial charge in [0.2, 0.25) is 0 Å². The van der Waals surface area contributed by atoms with Gasteiger partial charge in [-0.15, -0.1) is 6.58 Å². The van der Waals surface area contributed by atoms with Crippen LogP contribution in [0.4, 0.5) is 5.69 Å². The molecule has 0 spiro atoms. The molecule has 0 bridgehead atoms. The van der Waals surface area contributed by atoms with Crippen LogP contribution in [0.15, 0.2) is 66.1 Å². The Morgan fingerprint density at radius 3 is 2.39 bits per heavy atom. The van der Waals surface area contributed by atoms with E-state index in [0.29, 0.717) is 30.9 Å². The summed E-state index contributed by atoms with van der Waals surface area (Å²) in [6.07, 6.45) is 2.52. The van der Waals surface area contributed by atoms with E-state index in [1.807, 2.05) is 12.1 Å². The third kappa shape index (κ3) is 5.74. The topological polar surface area (TPSA) is 75.7 Å². The Morgan fingerprint density at radius 1 is 1.16 bits per heavy atom. The standard InChI is InChI=1S/C24H30N2O4S/c1-5-16-30-21-14-15-26(17-21)23(27)18-6-10-20(11-7-18)25-31(28,29)22-12-8-19(9-13-22)24(2,3)4/h5-13,21,25H,1,14-17H2,2-4H3. The number of hydrogen-bond donors (Lipinski definition) is 1. The summed E-state index contributed by atoms with van der Waals surface area (Å²) in [6, 6.07) is 13.4. The molecule has 3 rings (SSSR count). The summed E-state index contributed by atoms with van der Waals surface area (Å²) < 4.78 is 33.6. The molecule has 6 nitrogen and oxygen atoms in total. The zero-order valence-corrected chi connectivity index (χ0v) is 19.1. The molecular formula is C24H30N2O4S. The van der Waals surface area contributed by atoms with Gasteiger partial charge in [-0.3, -0.25) is 9.52 Å². The zero-order valence-electron chi connectivity index (χ0n) is 18.3. The molecule has 0 saturated carbocycles. The van der Waals surface area contributed by atoms with Gasteiger partial charge < -0.3 is 9.64 Å². The van der Waals surface area contributed by atoms with E-state index in [1.165, 1.54) is 0 Å². The molecule has 2 aromatic carbocycles. The van der Waals surface area contributed by atoms with E-state index < -0.39 is 10.0 Å². The number of carbonyl (C=O) groups is 1. The largest absolute Gasteiger partial charge is 0.372 e. The molecule has 7 heteroatoms. The summed E-state index contributed by atoms with van der Waals surface area (Å²) in [5, 5.41) is 0. The van der Waals surface area contributed by atoms with E-state index in [2.05, 4.69) is 32.1 Å². The van der Waals surface area contributed by atoms with E-state index in [1.54, 1.807) is 47.4 Å². The molecule has 0 aliphatic carbocycles. The van der Waals surface area contributed by atoms with Gasteiger partial charge in [0.25, 0.3) is 15.9 Å². The van der Waals surface area contributed by atoms with Crippen LogP contribution in [0, 0.1) is 0 Å². The first-order valence-corrected chi connectivity index (χ1v) is 11.8. The maximum absolute atomic E-state index is 12.7. The molecule has 1 amide bonds. The van der Waals surface area contributed by atoms with Crippen molar-refractivity contribution >= 4 is 21.6 Å². The van der Waals surface area contributed by atoms with E-state index in [9.17, 15) is 13.2 Å². The number of nitrogens with zero attached hydrogens (tertiary/aromatic N) is 1. The molecule has 1 atom stereocenters. The fourth-order valence-electron chi connectivity index (χ4n) is 3.46. The third-order valence-electron chi connectivity index (χ3n) is 5.30. The molecule has 0 aromatic heterocycles. The van der Waals surface area contributed by atoms with E-state index in [4.69, 9.17) is 4.74 Å². The van der Waals surface area contributed by atoms with Crippen molar-refractivity contribution in [3.05, 3.63) is 72.3 Å². The van der Waals surface area contributed by atoms with Crippen LogP contribution >= 0.6 is 0 Å². The number of hydrogen-bond acceptors (Lipinski definition) is 4.